The SMILES string of the molecule is NC(=O)C=Cc1cn[nH]n1. The maximum absolute atomic E-state index is 10.2. The Morgan fingerprint density at radius 1 is 1.80 bits per heavy atom. The second-order valence-electron chi connectivity index (χ2n) is 1.63. The van der Waals surface area contributed by atoms with Crippen LogP contribution < -0.4 is 5.73 Å². The van der Waals surface area contributed by atoms with E-state index in [1.807, 2.05) is 0 Å². The van der Waals surface area contributed by atoms with Gasteiger partial charge in [0.1, 0.15) is 5.69 Å². The van der Waals surface area contributed by atoms with E-state index in [4.69, 9.17) is 5.73 Å². The van der Waals surface area contributed by atoms with E-state index in [9.17, 15) is 4.79 Å². The first-order valence-electron chi connectivity index (χ1n) is 2.62. The predicted octanol–water partition coefficient (Wildman–Crippen LogP) is -0.697. The summed E-state index contributed by atoms with van der Waals surface area (Å²) in [5, 5.41) is 9.57. The first-order valence-corrected chi connectivity index (χ1v) is 2.62. The van der Waals surface area contributed by atoms with Crippen molar-refractivity contribution in [3.8, 4) is 0 Å². The summed E-state index contributed by atoms with van der Waals surface area (Å²) in [5.74, 6) is -0.497. The average molecular weight is 138 g/mol. The van der Waals surface area contributed by atoms with Crippen LogP contribution in [-0.4, -0.2) is 21.3 Å². The van der Waals surface area contributed by atoms with Crippen LogP contribution in [0.4, 0.5) is 0 Å². The molecule has 0 aliphatic carbocycles. The number of nitrogens with two attached hydrogens (primary N) is 1. The Labute approximate surface area is 56.9 Å². The molecule has 52 valence electrons. The average Bonchev–Trinajstić information content (AvgIpc) is 2.34. The zero-order valence-electron chi connectivity index (χ0n) is 5.11. The molecule has 5 nitrogen and oxygen atoms in total. The summed E-state index contributed by atoms with van der Waals surface area (Å²) >= 11 is 0. The number of amides is 1. The van der Waals surface area contributed by atoms with Crippen molar-refractivity contribution in [2.75, 3.05) is 0 Å². The predicted molar refractivity (Wildman–Crippen MR) is 34.6 cm³/mol. The van der Waals surface area contributed by atoms with E-state index in [1.165, 1.54) is 18.3 Å². The third-order valence-corrected chi connectivity index (χ3v) is 0.852. The van der Waals surface area contributed by atoms with E-state index in [-0.39, 0.29) is 0 Å². The number of carbonyl (C=O) groups is 1. The molecule has 5 heteroatoms. The zero-order chi connectivity index (χ0) is 7.40. The number of nitrogens with zero attached hydrogens (tertiary/aromatic N) is 2. The van der Waals surface area contributed by atoms with E-state index in [2.05, 4.69) is 15.4 Å². The number of aromatic amines is 1. The highest BCUT2D eigenvalue weighted by Crippen LogP contribution is 1.90. The molecule has 0 fully saturated rings. The van der Waals surface area contributed by atoms with Gasteiger partial charge in [-0.2, -0.15) is 15.4 Å². The van der Waals surface area contributed by atoms with Crippen LogP contribution in [0.5, 0.6) is 0 Å². The lowest BCUT2D eigenvalue weighted by Gasteiger charge is -1.77. The van der Waals surface area contributed by atoms with Gasteiger partial charge < -0.3 is 5.73 Å². The second kappa shape index (κ2) is 2.77. The lowest BCUT2D eigenvalue weighted by atomic mass is 10.4. The quantitative estimate of drug-likeness (QED) is 0.530. The minimum absolute atomic E-state index is 0.497. The molecule has 0 saturated carbocycles. The zero-order valence-corrected chi connectivity index (χ0v) is 5.11. The molecule has 0 aliphatic heterocycles. The number of rotatable bonds is 2. The molecular formula is C5H6N4O. The van der Waals surface area contributed by atoms with Gasteiger partial charge >= 0.3 is 0 Å². The fraction of sp³-hybridized carbons (Fsp3) is 0. The Morgan fingerprint density at radius 2 is 2.60 bits per heavy atom. The van der Waals surface area contributed by atoms with Gasteiger partial charge in [-0.05, 0) is 6.08 Å². The first kappa shape index (κ1) is 6.47. The van der Waals surface area contributed by atoms with E-state index >= 15 is 0 Å². The summed E-state index contributed by atoms with van der Waals surface area (Å²) < 4.78 is 0. The van der Waals surface area contributed by atoms with Crippen LogP contribution in [0.25, 0.3) is 6.08 Å². The molecule has 0 radical (unpaired) electrons. The molecule has 0 atom stereocenters. The molecule has 0 saturated heterocycles. The summed E-state index contributed by atoms with van der Waals surface area (Å²) in [7, 11) is 0. The summed E-state index contributed by atoms with van der Waals surface area (Å²) in [4.78, 5) is 10.2. The number of nitrogens with one attached hydrogen (secondary N) is 1. The number of aromatic nitrogens is 3. The summed E-state index contributed by atoms with van der Waals surface area (Å²) in [5.41, 5.74) is 5.41. The molecule has 0 spiro atoms. The van der Waals surface area contributed by atoms with Gasteiger partial charge in [0, 0.05) is 6.08 Å². The van der Waals surface area contributed by atoms with Gasteiger partial charge in [0.25, 0.3) is 0 Å². The number of primary amides is 1. The van der Waals surface area contributed by atoms with Crippen molar-refractivity contribution in [3.63, 3.8) is 0 Å². The number of hydrogen-bond acceptors (Lipinski definition) is 3. The summed E-state index contributed by atoms with van der Waals surface area (Å²) in [6.07, 6.45) is 4.18. The van der Waals surface area contributed by atoms with Gasteiger partial charge in [0.05, 0.1) is 6.20 Å². The van der Waals surface area contributed by atoms with Crippen LogP contribution in [0, 0.1) is 0 Å². The van der Waals surface area contributed by atoms with Crippen LogP contribution in [-0.2, 0) is 4.79 Å². The maximum Gasteiger partial charge on any atom is 0.241 e. The smallest absolute Gasteiger partial charge is 0.241 e. The molecule has 0 aliphatic rings. The Hall–Kier alpha value is -1.65. The van der Waals surface area contributed by atoms with Crippen molar-refractivity contribution in [1.29, 1.82) is 0 Å². The molecule has 1 aromatic rings. The van der Waals surface area contributed by atoms with Crippen molar-refractivity contribution >= 4 is 12.0 Å². The van der Waals surface area contributed by atoms with E-state index < -0.39 is 5.91 Å². The Morgan fingerprint density at radius 3 is 3.10 bits per heavy atom. The van der Waals surface area contributed by atoms with E-state index in [0.29, 0.717) is 5.69 Å². The number of carbonyl (C=O) groups excluding carboxylic acids is 1. The summed E-state index contributed by atoms with van der Waals surface area (Å²) in [6, 6.07) is 0. The van der Waals surface area contributed by atoms with Gasteiger partial charge in [-0.1, -0.05) is 0 Å². The molecule has 10 heavy (non-hydrogen) atoms. The monoisotopic (exact) mass is 138 g/mol. The van der Waals surface area contributed by atoms with Crippen LogP contribution >= 0.6 is 0 Å². The number of hydrogen-bond donors (Lipinski definition) is 2. The third kappa shape index (κ3) is 1.70. The van der Waals surface area contributed by atoms with Crippen molar-refractivity contribution in [2.45, 2.75) is 0 Å². The molecule has 1 rings (SSSR count). The molecule has 1 aromatic heterocycles. The van der Waals surface area contributed by atoms with Crippen molar-refractivity contribution < 1.29 is 4.79 Å². The molecule has 0 unspecified atom stereocenters. The van der Waals surface area contributed by atoms with Gasteiger partial charge in [0.15, 0.2) is 0 Å². The van der Waals surface area contributed by atoms with Crippen LogP contribution in [0.2, 0.25) is 0 Å². The van der Waals surface area contributed by atoms with Gasteiger partial charge in [-0.3, -0.25) is 4.79 Å². The molecule has 0 bridgehead atoms. The fourth-order valence-corrected chi connectivity index (χ4v) is 0.458. The molecule has 1 amide bonds. The normalized spacial score (nSPS) is 10.4. The van der Waals surface area contributed by atoms with E-state index in [0.717, 1.165) is 0 Å². The Balaban J connectivity index is 2.64. The Kier molecular flexibility index (Phi) is 1.79. The highest BCUT2D eigenvalue weighted by atomic mass is 16.1. The largest absolute Gasteiger partial charge is 0.366 e. The molecule has 3 N–H and O–H groups in total. The highest BCUT2D eigenvalue weighted by molar-refractivity contribution is 5.89. The van der Waals surface area contributed by atoms with Crippen LogP contribution in [0.3, 0.4) is 0 Å². The van der Waals surface area contributed by atoms with Crippen molar-refractivity contribution in [1.82, 2.24) is 15.4 Å². The van der Waals surface area contributed by atoms with Crippen molar-refractivity contribution in [2.24, 2.45) is 5.73 Å². The number of H-pyrrole nitrogens is 1. The van der Waals surface area contributed by atoms with E-state index in [1.54, 1.807) is 0 Å². The molecule has 1 heterocycles. The summed E-state index contributed by atoms with van der Waals surface area (Å²) in [6.45, 7) is 0. The van der Waals surface area contributed by atoms with Gasteiger partial charge in [-0.25, -0.2) is 0 Å². The lowest BCUT2D eigenvalue weighted by molar-refractivity contribution is -0.113. The minimum atomic E-state index is -0.497. The van der Waals surface area contributed by atoms with Crippen LogP contribution in [0.15, 0.2) is 12.3 Å². The third-order valence-electron chi connectivity index (χ3n) is 0.852. The molecule has 0 aromatic carbocycles. The first-order chi connectivity index (χ1) is 4.79. The second-order valence-corrected chi connectivity index (χ2v) is 1.63. The highest BCUT2D eigenvalue weighted by Gasteiger charge is 1.87. The fourth-order valence-electron chi connectivity index (χ4n) is 0.458. The maximum atomic E-state index is 10.2. The topological polar surface area (TPSA) is 84.7 Å². The van der Waals surface area contributed by atoms with Gasteiger partial charge in [-0.15, -0.1) is 0 Å². The van der Waals surface area contributed by atoms with Crippen molar-refractivity contribution in [3.05, 3.63) is 18.0 Å². The van der Waals surface area contributed by atoms with Crippen LogP contribution in [0.1, 0.15) is 5.69 Å². The lowest BCUT2D eigenvalue weighted by Crippen LogP contribution is -2.05. The Bertz CT molecular complexity index is 238. The molecular weight excluding hydrogens is 132 g/mol. The minimum Gasteiger partial charge on any atom is -0.366 e. The standard InChI is InChI=1S/C5H6N4O/c6-5(10)2-1-4-3-7-9-8-4/h1-3H,(H2,6,10)(H,7,8,9). The van der Waals surface area contributed by atoms with Gasteiger partial charge in [0.2, 0.25) is 5.91 Å².